The molecule has 12 aromatic rings. The van der Waals surface area contributed by atoms with Crippen LogP contribution >= 0.6 is 0 Å². The third kappa shape index (κ3) is 8.66. The summed E-state index contributed by atoms with van der Waals surface area (Å²) in [5.41, 5.74) is 24.3. The molecule has 7 heteroatoms. The minimum absolute atomic E-state index is 0.145. The van der Waals surface area contributed by atoms with Crippen molar-refractivity contribution in [1.82, 2.24) is 9.13 Å². The van der Waals surface area contributed by atoms with Gasteiger partial charge in [-0.15, -0.1) is 0 Å². The summed E-state index contributed by atoms with van der Waals surface area (Å²) in [5.74, 6) is 0. The van der Waals surface area contributed by atoms with Gasteiger partial charge in [0.05, 0.1) is 56.2 Å². The number of fused-ring (bicyclic) bond motifs is 6. The molecule has 0 unspecified atom stereocenters. The van der Waals surface area contributed by atoms with Crippen LogP contribution in [0.25, 0.3) is 111 Å². The van der Waals surface area contributed by atoms with Crippen molar-refractivity contribution in [3.63, 3.8) is 0 Å². The van der Waals surface area contributed by atoms with Gasteiger partial charge in [-0.2, -0.15) is 23.7 Å². The highest BCUT2D eigenvalue weighted by atomic mass is 19.4. The zero-order valence-electron chi connectivity index (χ0n) is 48.4. The maximum atomic E-state index is 16.1. The Kier molecular flexibility index (Phi) is 12.8. The molecule has 12 rings (SSSR count). The van der Waals surface area contributed by atoms with Crippen LogP contribution in [0, 0.1) is 106 Å². The molecule has 2 aromatic heterocycles. The number of halogens is 3. The van der Waals surface area contributed by atoms with Crippen LogP contribution in [-0.2, 0) is 6.18 Å². The van der Waals surface area contributed by atoms with Gasteiger partial charge in [0.2, 0.25) is 0 Å². The Labute approximate surface area is 477 Å². The molecule has 0 amide bonds. The summed E-state index contributed by atoms with van der Waals surface area (Å²) in [5, 5.41) is 26.5. The monoisotopic (exact) mass is 1070 g/mol. The van der Waals surface area contributed by atoms with Crippen LogP contribution in [0.1, 0.15) is 83.5 Å². The van der Waals surface area contributed by atoms with Crippen molar-refractivity contribution in [3.8, 4) is 79.1 Å². The second kappa shape index (κ2) is 19.7. The molecule has 0 aliphatic heterocycles. The summed E-state index contributed by atoms with van der Waals surface area (Å²) < 4.78 is 52.3. The third-order valence-corrected chi connectivity index (χ3v) is 16.9. The van der Waals surface area contributed by atoms with Gasteiger partial charge in [0.25, 0.3) is 0 Å². The number of aromatic nitrogens is 2. The minimum Gasteiger partial charge on any atom is -0.309 e. The summed E-state index contributed by atoms with van der Waals surface area (Å²) >= 11 is 0. The fourth-order valence-corrected chi connectivity index (χ4v) is 14.1. The average Bonchev–Trinajstić information content (AvgIpc) is 2.91. The Morgan fingerprint density at radius 3 is 0.927 bits per heavy atom. The zero-order chi connectivity index (χ0) is 58.0. The van der Waals surface area contributed by atoms with Gasteiger partial charge in [0.1, 0.15) is 6.07 Å². The second-order valence-electron chi connectivity index (χ2n) is 23.0. The maximum absolute atomic E-state index is 16.1. The highest BCUT2D eigenvalue weighted by Crippen LogP contribution is 2.48. The molecule has 402 valence electrons. The molecule has 0 fully saturated rings. The molecule has 0 saturated carbocycles. The Morgan fingerprint density at radius 1 is 0.329 bits per heavy atom. The van der Waals surface area contributed by atoms with E-state index in [-0.39, 0.29) is 22.3 Å². The number of nitrogens with zero attached hydrogens (tertiary/aromatic N) is 4. The smallest absolute Gasteiger partial charge is 0.309 e. The average molecular weight is 1080 g/mol. The van der Waals surface area contributed by atoms with Crippen molar-refractivity contribution in [2.45, 2.75) is 89.3 Å². The van der Waals surface area contributed by atoms with Crippen LogP contribution in [0.5, 0.6) is 0 Å². The Bertz CT molecular complexity index is 4510. The molecule has 0 aliphatic rings. The molecule has 4 nitrogen and oxygen atoms in total. The van der Waals surface area contributed by atoms with Crippen LogP contribution in [0.3, 0.4) is 0 Å². The lowest BCUT2D eigenvalue weighted by molar-refractivity contribution is -0.137. The Hall–Kier alpha value is -9.43. The number of hydrogen-bond donors (Lipinski definition) is 0. The molecule has 2 heterocycles. The van der Waals surface area contributed by atoms with Crippen LogP contribution in [0.2, 0.25) is 0 Å². The highest BCUT2D eigenvalue weighted by Gasteiger charge is 2.37. The van der Waals surface area contributed by atoms with Gasteiger partial charge in [-0.05, 0) is 221 Å². The summed E-state index contributed by atoms with van der Waals surface area (Å²) in [6, 6.07) is 55.1. The van der Waals surface area contributed by atoms with Gasteiger partial charge in [0, 0.05) is 32.7 Å². The van der Waals surface area contributed by atoms with Gasteiger partial charge in [0.15, 0.2) is 0 Å². The summed E-state index contributed by atoms with van der Waals surface area (Å²) in [4.78, 5) is 0. The van der Waals surface area contributed by atoms with E-state index in [1.807, 2.05) is 4.57 Å². The van der Waals surface area contributed by atoms with E-state index in [2.05, 4.69) is 221 Å². The number of nitriles is 2. The largest absolute Gasteiger partial charge is 0.417 e. The number of rotatable bonds is 7. The van der Waals surface area contributed by atoms with Crippen molar-refractivity contribution < 1.29 is 13.2 Å². The van der Waals surface area contributed by atoms with Crippen molar-refractivity contribution >= 4 is 43.6 Å². The van der Waals surface area contributed by atoms with E-state index in [4.69, 9.17) is 0 Å². The minimum atomic E-state index is -4.88. The molecule has 0 bridgehead atoms. The van der Waals surface area contributed by atoms with Crippen LogP contribution in [-0.4, -0.2) is 9.13 Å². The molecule has 0 aliphatic carbocycles. The molecule has 82 heavy (non-hydrogen) atoms. The fourth-order valence-electron chi connectivity index (χ4n) is 14.1. The van der Waals surface area contributed by atoms with Gasteiger partial charge in [-0.25, -0.2) is 0 Å². The number of aryl methyl sites for hydroxylation is 12. The van der Waals surface area contributed by atoms with Crippen molar-refractivity contribution in [1.29, 1.82) is 10.5 Å². The maximum Gasteiger partial charge on any atom is 0.417 e. The normalized spacial score (nSPS) is 11.8. The van der Waals surface area contributed by atoms with E-state index in [1.165, 1.54) is 12.1 Å². The summed E-state index contributed by atoms with van der Waals surface area (Å²) in [7, 11) is 0. The van der Waals surface area contributed by atoms with Crippen LogP contribution < -0.4 is 0 Å². The molecule has 0 radical (unpaired) electrons. The van der Waals surface area contributed by atoms with Gasteiger partial charge in [-0.3, -0.25) is 0 Å². The van der Waals surface area contributed by atoms with E-state index in [9.17, 15) is 10.5 Å². The van der Waals surface area contributed by atoms with Crippen LogP contribution in [0.4, 0.5) is 13.2 Å². The van der Waals surface area contributed by atoms with E-state index >= 15 is 13.2 Å². The lowest BCUT2D eigenvalue weighted by atomic mass is 9.91. The number of alkyl halides is 3. The topological polar surface area (TPSA) is 57.4 Å². The lowest BCUT2D eigenvalue weighted by Gasteiger charge is -2.22. The predicted octanol–water partition coefficient (Wildman–Crippen LogP) is 20.7. The SMILES string of the molecule is Cc1cc(C)c(-c2ccc3c4ccc(-c5c(C)cc(C)cc5C)cc4n(-c4cc(-c5c(C#N)cccc5C(F)(F)F)c(-n5c6cc(-c7c(C)cc(C)cc7C)ccc6c6ccc(-c7c(C)cc(C)cc7C)cc65)cc4C#N)c3c2)c(C)c1. The second-order valence-corrected chi connectivity index (χ2v) is 23.0. The lowest BCUT2D eigenvalue weighted by Crippen LogP contribution is -2.11. The Balaban J connectivity index is 1.27. The predicted molar refractivity (Wildman–Crippen MR) is 334 cm³/mol. The van der Waals surface area contributed by atoms with Gasteiger partial charge < -0.3 is 9.13 Å². The molecule has 0 N–H and O–H groups in total. The fraction of sp³-hybridized carbons (Fsp3) is 0.173. The van der Waals surface area contributed by atoms with E-state index in [1.54, 1.807) is 12.1 Å². The molecule has 0 spiro atoms. The standard InChI is InChI=1S/C75H61F3N4/c1-40-24-44(5)70(45(6)25-40)52-16-20-58-59-21-17-53(71-46(7)26-41(2)27-47(71)8)33-66(59)81(65(58)32-52)64-37-62(74-56(38-79)14-13-15-63(74)75(76,77)78)69(36-57(64)39-80)82-67-34-54(72-48(9)28-42(3)29-49(72)10)18-22-60(67)61-23-19-55(35-68(61)82)73-50(11)30-43(4)31-51(73)12/h13-37H,1-12H3. The first kappa shape index (κ1) is 53.2. The first-order valence-corrected chi connectivity index (χ1v) is 27.8. The molecule has 10 aromatic carbocycles. The van der Waals surface area contributed by atoms with Crippen molar-refractivity contribution in [2.24, 2.45) is 0 Å². The molecule has 0 saturated heterocycles. The van der Waals surface area contributed by atoms with Crippen molar-refractivity contribution in [3.05, 3.63) is 235 Å². The van der Waals surface area contributed by atoms with Crippen molar-refractivity contribution in [2.75, 3.05) is 0 Å². The molecular weight excluding hydrogens is 1010 g/mol. The summed E-state index contributed by atoms with van der Waals surface area (Å²) in [6.07, 6.45) is -4.88. The van der Waals surface area contributed by atoms with Gasteiger partial charge in [-0.1, -0.05) is 125 Å². The number of hydrogen-bond acceptors (Lipinski definition) is 2. The summed E-state index contributed by atoms with van der Waals surface area (Å²) in [6.45, 7) is 25.2. The van der Waals surface area contributed by atoms with E-state index < -0.39 is 11.7 Å². The van der Waals surface area contributed by atoms with Gasteiger partial charge >= 0.3 is 6.18 Å². The quantitative estimate of drug-likeness (QED) is 0.160. The van der Waals surface area contributed by atoms with E-state index in [0.717, 1.165) is 161 Å². The van der Waals surface area contributed by atoms with Crippen LogP contribution in [0.15, 0.2) is 152 Å². The molecule has 0 atom stereocenters. The molecular formula is C75H61F3N4. The zero-order valence-corrected chi connectivity index (χ0v) is 48.4. The third-order valence-electron chi connectivity index (χ3n) is 16.9. The number of benzene rings is 10. The Morgan fingerprint density at radius 2 is 0.634 bits per heavy atom. The van der Waals surface area contributed by atoms with E-state index in [0.29, 0.717) is 11.4 Å². The first-order chi connectivity index (χ1) is 39.1. The highest BCUT2D eigenvalue weighted by molar-refractivity contribution is 6.14. The first-order valence-electron chi connectivity index (χ1n) is 27.8.